The summed E-state index contributed by atoms with van der Waals surface area (Å²) in [5.74, 6) is -1.67. The van der Waals surface area contributed by atoms with Crippen molar-refractivity contribution in [3.05, 3.63) is 144 Å². The van der Waals surface area contributed by atoms with E-state index in [0.29, 0.717) is 0 Å². The Bertz CT molecular complexity index is 1440. The second kappa shape index (κ2) is 11.5. The first-order valence-electron chi connectivity index (χ1n) is 11.8. The summed E-state index contributed by atoms with van der Waals surface area (Å²) in [5, 5.41) is 23.3. The van der Waals surface area contributed by atoms with E-state index in [4.69, 9.17) is 0 Å². The Balaban J connectivity index is 1.96. The summed E-state index contributed by atoms with van der Waals surface area (Å²) in [6.45, 7) is 0. The molecular weight excluding hydrogens is 512 g/mol. The molecular formula is C32H20F2N2P2. The van der Waals surface area contributed by atoms with E-state index in [1.807, 2.05) is 121 Å². The van der Waals surface area contributed by atoms with Gasteiger partial charge in [0.1, 0.15) is 23.3 Å². The maximum atomic E-state index is 16.7. The van der Waals surface area contributed by atoms with E-state index in [1.54, 1.807) is 12.1 Å². The van der Waals surface area contributed by atoms with Gasteiger partial charge in [-0.3, -0.25) is 0 Å². The lowest BCUT2D eigenvalue weighted by Gasteiger charge is -2.29. The van der Waals surface area contributed by atoms with Gasteiger partial charge in [0.15, 0.2) is 11.6 Å². The zero-order chi connectivity index (χ0) is 26.5. The summed E-state index contributed by atoms with van der Waals surface area (Å²) < 4.78 is 33.3. The van der Waals surface area contributed by atoms with E-state index in [-0.39, 0.29) is 10.6 Å². The molecule has 0 bridgehead atoms. The highest BCUT2D eigenvalue weighted by Gasteiger charge is 2.35. The minimum absolute atomic E-state index is 0.143. The van der Waals surface area contributed by atoms with Crippen LogP contribution in [0, 0.1) is 34.3 Å². The third kappa shape index (κ3) is 4.74. The molecule has 0 atom stereocenters. The Morgan fingerprint density at radius 3 is 0.868 bits per heavy atom. The van der Waals surface area contributed by atoms with Crippen molar-refractivity contribution in [1.82, 2.24) is 0 Å². The standard InChI is InChI=1S/C32H20F2N2P2/c33-29-27(21-35)28(22-36)30(34)32(38(25-17-9-3-10-18-25)26-19-11-4-12-20-26)31(29)37(23-13-5-1-6-14-23)24-15-7-2-8-16-24/h1-20H. The molecule has 0 unspecified atom stereocenters. The van der Waals surface area contributed by atoms with Crippen LogP contribution in [0.3, 0.4) is 0 Å². The highest BCUT2D eigenvalue weighted by Crippen LogP contribution is 2.42. The quantitative estimate of drug-likeness (QED) is 0.282. The Kier molecular flexibility index (Phi) is 7.67. The fraction of sp³-hybridized carbons (Fsp3) is 0. The fourth-order valence-electron chi connectivity index (χ4n) is 4.41. The number of hydrogen-bond donors (Lipinski definition) is 0. The highest BCUT2D eigenvalue weighted by molar-refractivity contribution is 7.85. The van der Waals surface area contributed by atoms with Crippen LogP contribution in [-0.2, 0) is 0 Å². The molecule has 182 valence electrons. The zero-order valence-corrected chi connectivity index (χ0v) is 21.9. The van der Waals surface area contributed by atoms with Gasteiger partial charge in [-0.25, -0.2) is 8.78 Å². The van der Waals surface area contributed by atoms with Gasteiger partial charge in [0.25, 0.3) is 0 Å². The first-order valence-corrected chi connectivity index (χ1v) is 14.5. The lowest BCUT2D eigenvalue weighted by atomic mass is 10.1. The van der Waals surface area contributed by atoms with Gasteiger partial charge in [-0.05, 0) is 37.1 Å². The Hall–Kier alpha value is -4.20. The summed E-state index contributed by atoms with van der Waals surface area (Å²) in [4.78, 5) is 0. The van der Waals surface area contributed by atoms with Gasteiger partial charge < -0.3 is 0 Å². The number of hydrogen-bond acceptors (Lipinski definition) is 2. The topological polar surface area (TPSA) is 47.6 Å². The van der Waals surface area contributed by atoms with Crippen LogP contribution < -0.4 is 31.8 Å². The fourth-order valence-corrected chi connectivity index (χ4v) is 9.75. The van der Waals surface area contributed by atoms with Crippen molar-refractivity contribution >= 4 is 47.7 Å². The molecule has 0 aliphatic rings. The number of nitriles is 2. The molecule has 0 aliphatic heterocycles. The summed E-state index contributed by atoms with van der Waals surface area (Å²) in [6, 6.07) is 41.2. The molecule has 0 aliphatic carbocycles. The second-order valence-corrected chi connectivity index (χ2v) is 12.6. The van der Waals surface area contributed by atoms with Crippen LogP contribution >= 0.6 is 15.8 Å². The number of rotatable bonds is 6. The van der Waals surface area contributed by atoms with Crippen molar-refractivity contribution in [3.8, 4) is 12.1 Å². The normalized spacial score (nSPS) is 10.8. The van der Waals surface area contributed by atoms with Crippen LogP contribution in [0.5, 0.6) is 0 Å². The molecule has 0 radical (unpaired) electrons. The van der Waals surface area contributed by atoms with E-state index >= 15 is 8.78 Å². The van der Waals surface area contributed by atoms with E-state index in [9.17, 15) is 10.5 Å². The second-order valence-electron chi connectivity index (χ2n) is 8.31. The average Bonchev–Trinajstić information content (AvgIpc) is 2.98. The molecule has 38 heavy (non-hydrogen) atoms. The average molecular weight is 532 g/mol. The molecule has 5 rings (SSSR count). The van der Waals surface area contributed by atoms with Gasteiger partial charge in [-0.2, -0.15) is 10.5 Å². The predicted molar refractivity (Wildman–Crippen MR) is 153 cm³/mol. The van der Waals surface area contributed by atoms with Crippen LogP contribution in [0.4, 0.5) is 8.78 Å². The van der Waals surface area contributed by atoms with Crippen molar-refractivity contribution in [2.24, 2.45) is 0 Å². The van der Waals surface area contributed by atoms with Gasteiger partial charge in [-0.15, -0.1) is 0 Å². The Morgan fingerprint density at radius 2 is 0.658 bits per heavy atom. The first kappa shape index (κ1) is 25.4. The van der Waals surface area contributed by atoms with Crippen molar-refractivity contribution in [2.75, 3.05) is 0 Å². The molecule has 0 saturated heterocycles. The van der Waals surface area contributed by atoms with Gasteiger partial charge in [0.2, 0.25) is 0 Å². The minimum Gasteiger partial charge on any atom is -0.205 e. The van der Waals surface area contributed by atoms with E-state index in [0.717, 1.165) is 21.2 Å². The number of benzene rings is 5. The Morgan fingerprint density at radius 1 is 0.421 bits per heavy atom. The Labute approximate surface area is 223 Å². The van der Waals surface area contributed by atoms with E-state index < -0.39 is 38.6 Å². The molecule has 0 saturated carbocycles. The SMILES string of the molecule is N#Cc1c(F)c(P(c2ccccc2)c2ccccc2)c(P(c2ccccc2)c2ccccc2)c(F)c1C#N. The van der Waals surface area contributed by atoms with Crippen LogP contribution in [0.25, 0.3) is 0 Å². The van der Waals surface area contributed by atoms with Crippen LogP contribution in [-0.4, -0.2) is 0 Å². The predicted octanol–water partition coefficient (Wildman–Crippen LogP) is 5.22. The summed E-state index contributed by atoms with van der Waals surface area (Å²) in [7, 11) is -3.23. The van der Waals surface area contributed by atoms with Gasteiger partial charge in [0, 0.05) is 10.6 Å². The van der Waals surface area contributed by atoms with Crippen LogP contribution in [0.2, 0.25) is 0 Å². The number of halogens is 2. The summed E-state index contributed by atoms with van der Waals surface area (Å²) in [5.41, 5.74) is -1.11. The molecule has 0 aromatic heterocycles. The molecule has 5 aromatic carbocycles. The maximum absolute atomic E-state index is 16.7. The third-order valence-corrected chi connectivity index (χ3v) is 11.2. The molecule has 0 spiro atoms. The first-order chi connectivity index (χ1) is 18.7. The molecule has 5 aromatic rings. The number of nitrogens with zero attached hydrogens (tertiary/aromatic N) is 2. The van der Waals surface area contributed by atoms with Crippen LogP contribution in [0.15, 0.2) is 121 Å². The van der Waals surface area contributed by atoms with Crippen molar-refractivity contribution < 1.29 is 8.78 Å². The van der Waals surface area contributed by atoms with Crippen molar-refractivity contribution in [2.45, 2.75) is 0 Å². The monoisotopic (exact) mass is 532 g/mol. The van der Waals surface area contributed by atoms with E-state index in [1.165, 1.54) is 0 Å². The third-order valence-electron chi connectivity index (χ3n) is 6.06. The van der Waals surface area contributed by atoms with Gasteiger partial charge in [-0.1, -0.05) is 121 Å². The lowest BCUT2D eigenvalue weighted by Crippen LogP contribution is -2.40. The largest absolute Gasteiger partial charge is 0.205 e. The lowest BCUT2D eigenvalue weighted by molar-refractivity contribution is 0.607. The molecule has 0 amide bonds. The molecule has 0 N–H and O–H groups in total. The highest BCUT2D eigenvalue weighted by atomic mass is 31.1. The summed E-state index contributed by atoms with van der Waals surface area (Å²) in [6.07, 6.45) is 0. The van der Waals surface area contributed by atoms with E-state index in [2.05, 4.69) is 0 Å². The molecule has 2 nitrogen and oxygen atoms in total. The van der Waals surface area contributed by atoms with Crippen molar-refractivity contribution in [1.29, 1.82) is 10.5 Å². The maximum Gasteiger partial charge on any atom is 0.151 e. The minimum atomic E-state index is -1.62. The van der Waals surface area contributed by atoms with Crippen LogP contribution in [0.1, 0.15) is 11.1 Å². The van der Waals surface area contributed by atoms with Gasteiger partial charge in [0.05, 0.1) is 0 Å². The van der Waals surface area contributed by atoms with Gasteiger partial charge >= 0.3 is 0 Å². The smallest absolute Gasteiger partial charge is 0.151 e. The molecule has 0 heterocycles. The molecule has 0 fully saturated rings. The van der Waals surface area contributed by atoms with Crippen molar-refractivity contribution in [3.63, 3.8) is 0 Å². The summed E-state index contributed by atoms with van der Waals surface area (Å²) >= 11 is 0. The molecule has 6 heteroatoms. The zero-order valence-electron chi connectivity index (χ0n) is 20.1.